The zero-order chi connectivity index (χ0) is 12.4. The Morgan fingerprint density at radius 3 is 2.82 bits per heavy atom. The lowest BCUT2D eigenvalue weighted by molar-refractivity contribution is 0.501. The van der Waals surface area contributed by atoms with E-state index in [2.05, 4.69) is 4.98 Å². The largest absolute Gasteiger partial charge is 0.375 e. The predicted molar refractivity (Wildman–Crippen MR) is 65.1 cm³/mol. The highest BCUT2D eigenvalue weighted by molar-refractivity contribution is 7.15. The van der Waals surface area contributed by atoms with Gasteiger partial charge in [0.25, 0.3) is 0 Å². The van der Waals surface area contributed by atoms with Gasteiger partial charge < -0.3 is 5.73 Å². The average Bonchev–Trinajstić information content (AvgIpc) is 2.65. The number of aryl methyl sites for hydroxylation is 1. The molecule has 0 atom stereocenters. The third kappa shape index (κ3) is 2.44. The van der Waals surface area contributed by atoms with E-state index in [1.165, 1.54) is 17.4 Å². The molecule has 0 aliphatic rings. The molecular formula is C12H12F2N2S. The van der Waals surface area contributed by atoms with Crippen molar-refractivity contribution in [3.8, 4) is 0 Å². The molecule has 1 aromatic carbocycles. The number of benzene rings is 1. The van der Waals surface area contributed by atoms with Crippen LogP contribution >= 0.6 is 11.3 Å². The van der Waals surface area contributed by atoms with Gasteiger partial charge in [-0.05, 0) is 18.1 Å². The molecule has 2 rings (SSSR count). The minimum atomic E-state index is -0.821. The summed E-state index contributed by atoms with van der Waals surface area (Å²) in [6.45, 7) is 1.96. The van der Waals surface area contributed by atoms with Gasteiger partial charge in [-0.3, -0.25) is 0 Å². The minimum Gasteiger partial charge on any atom is -0.375 e. The van der Waals surface area contributed by atoms with E-state index < -0.39 is 11.6 Å². The molecule has 0 fully saturated rings. The lowest BCUT2D eigenvalue weighted by atomic mass is 10.1. The number of thiazole rings is 1. The van der Waals surface area contributed by atoms with E-state index in [0.29, 0.717) is 17.1 Å². The van der Waals surface area contributed by atoms with Gasteiger partial charge in [0.2, 0.25) is 0 Å². The number of nitrogen functional groups attached to an aromatic ring is 1. The molecule has 0 aliphatic carbocycles. The van der Waals surface area contributed by atoms with Crippen molar-refractivity contribution >= 4 is 16.5 Å². The molecule has 90 valence electrons. The number of halogens is 2. The van der Waals surface area contributed by atoms with E-state index >= 15 is 0 Å². The van der Waals surface area contributed by atoms with Gasteiger partial charge in [-0.15, -0.1) is 11.3 Å². The number of nitrogens with zero attached hydrogens (tertiary/aromatic N) is 1. The van der Waals surface area contributed by atoms with Crippen molar-refractivity contribution in [2.45, 2.75) is 19.8 Å². The molecule has 0 radical (unpaired) electrons. The highest BCUT2D eigenvalue weighted by Crippen LogP contribution is 2.25. The van der Waals surface area contributed by atoms with E-state index in [0.717, 1.165) is 23.1 Å². The van der Waals surface area contributed by atoms with E-state index in [1.807, 2.05) is 6.92 Å². The van der Waals surface area contributed by atoms with Crippen LogP contribution in [0.4, 0.5) is 13.9 Å². The summed E-state index contributed by atoms with van der Waals surface area (Å²) in [6.07, 6.45) is 1.07. The van der Waals surface area contributed by atoms with Gasteiger partial charge in [-0.1, -0.05) is 19.1 Å². The van der Waals surface area contributed by atoms with E-state index in [9.17, 15) is 8.78 Å². The summed E-state index contributed by atoms with van der Waals surface area (Å²) >= 11 is 1.33. The highest BCUT2D eigenvalue weighted by atomic mass is 32.1. The molecule has 0 aliphatic heterocycles. The smallest absolute Gasteiger partial charge is 0.180 e. The van der Waals surface area contributed by atoms with Crippen LogP contribution in [0, 0.1) is 11.6 Å². The van der Waals surface area contributed by atoms with Crippen molar-refractivity contribution in [3.05, 3.63) is 46.0 Å². The SMILES string of the molecule is CCc1nc(N)sc1Cc1cccc(F)c1F. The highest BCUT2D eigenvalue weighted by Gasteiger charge is 2.13. The molecular weight excluding hydrogens is 242 g/mol. The summed E-state index contributed by atoms with van der Waals surface area (Å²) in [6, 6.07) is 4.19. The maximum Gasteiger partial charge on any atom is 0.180 e. The molecule has 0 bridgehead atoms. The predicted octanol–water partition coefficient (Wildman–Crippen LogP) is 3.16. The molecule has 1 aromatic heterocycles. The van der Waals surface area contributed by atoms with Gasteiger partial charge in [0, 0.05) is 11.3 Å². The Labute approximate surface area is 102 Å². The zero-order valence-electron chi connectivity index (χ0n) is 9.34. The van der Waals surface area contributed by atoms with Crippen molar-refractivity contribution in [2.24, 2.45) is 0 Å². The quantitative estimate of drug-likeness (QED) is 0.913. The van der Waals surface area contributed by atoms with Gasteiger partial charge in [0.05, 0.1) is 5.69 Å². The summed E-state index contributed by atoms with van der Waals surface area (Å²) in [5.74, 6) is -1.61. The van der Waals surface area contributed by atoms with Crippen molar-refractivity contribution in [1.29, 1.82) is 0 Å². The van der Waals surface area contributed by atoms with Crippen LogP contribution in [0.25, 0.3) is 0 Å². The first-order valence-corrected chi connectivity index (χ1v) is 6.10. The zero-order valence-corrected chi connectivity index (χ0v) is 10.2. The van der Waals surface area contributed by atoms with E-state index in [4.69, 9.17) is 5.73 Å². The lowest BCUT2D eigenvalue weighted by Gasteiger charge is -2.03. The van der Waals surface area contributed by atoms with Crippen molar-refractivity contribution < 1.29 is 8.78 Å². The number of hydrogen-bond acceptors (Lipinski definition) is 3. The monoisotopic (exact) mass is 254 g/mol. The Morgan fingerprint density at radius 1 is 1.35 bits per heavy atom. The molecule has 0 amide bonds. The molecule has 0 saturated heterocycles. The first-order chi connectivity index (χ1) is 8.11. The summed E-state index contributed by atoms with van der Waals surface area (Å²) in [5, 5.41) is 0.466. The fourth-order valence-electron chi connectivity index (χ4n) is 1.68. The Bertz CT molecular complexity index is 537. The van der Waals surface area contributed by atoms with Crippen LogP contribution in [0.1, 0.15) is 23.1 Å². The Hall–Kier alpha value is -1.49. The Kier molecular flexibility index (Phi) is 3.38. The van der Waals surface area contributed by atoms with E-state index in [-0.39, 0.29) is 0 Å². The van der Waals surface area contributed by atoms with Gasteiger partial charge in [-0.2, -0.15) is 0 Å². The lowest BCUT2D eigenvalue weighted by Crippen LogP contribution is -1.96. The normalized spacial score (nSPS) is 10.8. The Balaban J connectivity index is 2.34. The van der Waals surface area contributed by atoms with E-state index in [1.54, 1.807) is 6.07 Å². The molecule has 0 spiro atoms. The fourth-order valence-corrected chi connectivity index (χ4v) is 2.62. The van der Waals surface area contributed by atoms with Crippen LogP contribution in [0.15, 0.2) is 18.2 Å². The maximum atomic E-state index is 13.5. The summed E-state index contributed by atoms with van der Waals surface area (Å²) in [7, 11) is 0. The van der Waals surface area contributed by atoms with Crippen LogP contribution < -0.4 is 5.73 Å². The first kappa shape index (κ1) is 12.0. The summed E-state index contributed by atoms with van der Waals surface area (Å²) in [5.41, 5.74) is 6.81. The maximum absolute atomic E-state index is 13.5. The minimum absolute atomic E-state index is 0.335. The topological polar surface area (TPSA) is 38.9 Å². The number of rotatable bonds is 3. The number of nitrogens with two attached hydrogens (primary N) is 1. The van der Waals surface area contributed by atoms with Gasteiger partial charge >= 0.3 is 0 Å². The number of hydrogen-bond donors (Lipinski definition) is 1. The van der Waals surface area contributed by atoms with Gasteiger partial charge in [0.15, 0.2) is 16.8 Å². The number of aromatic nitrogens is 1. The second-order valence-electron chi connectivity index (χ2n) is 3.67. The third-order valence-corrected chi connectivity index (χ3v) is 3.44. The molecule has 5 heteroatoms. The van der Waals surface area contributed by atoms with Crippen LogP contribution in [-0.2, 0) is 12.8 Å². The molecule has 0 unspecified atom stereocenters. The fraction of sp³-hybridized carbons (Fsp3) is 0.250. The van der Waals surface area contributed by atoms with Gasteiger partial charge in [0.1, 0.15) is 0 Å². The standard InChI is InChI=1S/C12H12F2N2S/c1-2-9-10(17-12(15)16-9)6-7-4-3-5-8(13)11(7)14/h3-5H,2,6H2,1H3,(H2,15,16). The van der Waals surface area contributed by atoms with Crippen molar-refractivity contribution in [1.82, 2.24) is 4.98 Å². The second-order valence-corrected chi connectivity index (χ2v) is 4.78. The third-order valence-electron chi connectivity index (χ3n) is 2.51. The van der Waals surface area contributed by atoms with Crippen LogP contribution in [-0.4, -0.2) is 4.98 Å². The molecule has 1 heterocycles. The van der Waals surface area contributed by atoms with Crippen LogP contribution in [0.3, 0.4) is 0 Å². The Morgan fingerprint density at radius 2 is 2.12 bits per heavy atom. The first-order valence-electron chi connectivity index (χ1n) is 5.28. The van der Waals surface area contributed by atoms with Crippen molar-refractivity contribution in [3.63, 3.8) is 0 Å². The molecule has 0 saturated carbocycles. The molecule has 2 nitrogen and oxygen atoms in total. The summed E-state index contributed by atoms with van der Waals surface area (Å²) in [4.78, 5) is 5.06. The second kappa shape index (κ2) is 4.79. The van der Waals surface area contributed by atoms with Crippen molar-refractivity contribution in [2.75, 3.05) is 5.73 Å². The molecule has 2 aromatic rings. The molecule has 2 N–H and O–H groups in total. The average molecular weight is 254 g/mol. The molecule has 17 heavy (non-hydrogen) atoms. The van der Waals surface area contributed by atoms with Crippen LogP contribution in [0.2, 0.25) is 0 Å². The summed E-state index contributed by atoms with van der Waals surface area (Å²) < 4.78 is 26.6. The number of anilines is 1. The van der Waals surface area contributed by atoms with Gasteiger partial charge in [-0.25, -0.2) is 13.8 Å². The van der Waals surface area contributed by atoms with Crippen LogP contribution in [0.5, 0.6) is 0 Å².